The van der Waals surface area contributed by atoms with Crippen molar-refractivity contribution in [3.8, 4) is 29.1 Å². The summed E-state index contributed by atoms with van der Waals surface area (Å²) in [5, 5.41) is 14.0. The zero-order chi connectivity index (χ0) is 55.0. The lowest BCUT2D eigenvalue weighted by atomic mass is 9.64. The molecule has 7 unspecified atom stereocenters. The number of esters is 3. The standard InChI is InChI=1S/C62H57N5O12/c1-38(41-15-7-4-8-16-41)63-61(74)66-48-28-22-39(14-13-21-46(57(70)75-2)58(71)76-3)34-47(48)62(60(66)73)51(56(69)65-32-30-64(31-33-65)36-40-23-29-49-50(35-40)78-37-77-49)53-59(72)79-54(43-19-11-6-12-20-43)52(42-17-9-5-10-18-42)67(53)55(62)44-24-26-45(68)27-25-44/h4-12,15-20,22-29,34-35,38,46,51-55,68H,21,30-33,36-37H2,1-3H3,(H,63,74). The third kappa shape index (κ3) is 9.46. The Labute approximate surface area is 456 Å². The minimum atomic E-state index is -2.11. The number of benzene rings is 6. The molecule has 6 aromatic carbocycles. The highest BCUT2D eigenvalue weighted by Crippen LogP contribution is 2.66. The number of carbonyl (C=O) groups excluding carboxylic acids is 6. The number of nitrogens with zero attached hydrogens (tertiary/aromatic N) is 4. The van der Waals surface area contributed by atoms with Crippen LogP contribution in [0.1, 0.15) is 76.5 Å². The van der Waals surface area contributed by atoms with Gasteiger partial charge in [-0.25, -0.2) is 9.69 Å². The van der Waals surface area contributed by atoms with Crippen molar-refractivity contribution in [1.29, 1.82) is 0 Å². The molecular formula is C62H57N5O12. The summed E-state index contributed by atoms with van der Waals surface area (Å²) in [7, 11) is 2.31. The predicted octanol–water partition coefficient (Wildman–Crippen LogP) is 7.31. The molecule has 2 N–H and O–H groups in total. The van der Waals surface area contributed by atoms with Crippen LogP contribution in [0.4, 0.5) is 10.5 Å². The van der Waals surface area contributed by atoms with E-state index in [0.717, 1.165) is 35.8 Å². The van der Waals surface area contributed by atoms with Gasteiger partial charge in [0.2, 0.25) is 18.6 Å². The smallest absolute Gasteiger partial charge is 0.329 e. The van der Waals surface area contributed by atoms with Crippen molar-refractivity contribution in [2.75, 3.05) is 52.1 Å². The van der Waals surface area contributed by atoms with Gasteiger partial charge in [-0.2, -0.15) is 0 Å². The number of imide groups is 1. The van der Waals surface area contributed by atoms with E-state index in [0.29, 0.717) is 47.8 Å². The van der Waals surface area contributed by atoms with Crippen molar-refractivity contribution in [3.05, 3.63) is 191 Å². The number of urea groups is 1. The zero-order valence-electron chi connectivity index (χ0n) is 43.7. The molecule has 0 radical (unpaired) electrons. The fraction of sp³-hybridized carbons (Fsp3) is 0.290. The van der Waals surface area contributed by atoms with Crippen molar-refractivity contribution in [1.82, 2.24) is 20.0 Å². The summed E-state index contributed by atoms with van der Waals surface area (Å²) in [6.07, 6.45) is -1.25. The third-order valence-corrected chi connectivity index (χ3v) is 15.8. The number of fused-ring (bicyclic) bond motifs is 4. The average molecular weight is 1060 g/mol. The van der Waals surface area contributed by atoms with Crippen LogP contribution < -0.4 is 19.7 Å². The molecule has 3 fully saturated rings. The topological polar surface area (TPSA) is 194 Å². The molecule has 5 aliphatic rings. The number of morpholine rings is 1. The molecule has 5 heterocycles. The third-order valence-electron chi connectivity index (χ3n) is 15.8. The number of rotatable bonds is 11. The molecule has 4 amide bonds. The maximum Gasteiger partial charge on any atom is 0.329 e. The Morgan fingerprint density at radius 2 is 1.38 bits per heavy atom. The van der Waals surface area contributed by atoms with E-state index in [1.165, 1.54) is 12.1 Å². The summed E-state index contributed by atoms with van der Waals surface area (Å²) >= 11 is 0. The van der Waals surface area contributed by atoms with E-state index in [1.54, 1.807) is 42.2 Å². The Balaban J connectivity index is 1.11. The SMILES string of the molecule is COC(=O)C(CC#Cc1ccc2c(c1)C1(C(=O)N2C(=O)NC(C)c2ccccc2)C(C(=O)N2CCN(Cc3ccc4c(c3)OCO4)CC2)C2C(=O)OC(c3ccccc3)C(c3ccccc3)N2C1c1ccc(O)cc1)C(=O)OC. The van der Waals surface area contributed by atoms with Crippen molar-refractivity contribution in [3.63, 3.8) is 0 Å². The van der Waals surface area contributed by atoms with Gasteiger partial charge < -0.3 is 39.0 Å². The Bertz CT molecular complexity index is 3360. The molecule has 5 aliphatic heterocycles. The van der Waals surface area contributed by atoms with Crippen LogP contribution in [0.5, 0.6) is 17.2 Å². The molecule has 3 saturated heterocycles. The number of carbonyl (C=O) groups is 6. The fourth-order valence-corrected chi connectivity index (χ4v) is 12.1. The number of piperazine rings is 1. The second-order valence-electron chi connectivity index (χ2n) is 20.2. The predicted molar refractivity (Wildman–Crippen MR) is 287 cm³/mol. The van der Waals surface area contributed by atoms with Gasteiger partial charge in [-0.15, -0.1) is 0 Å². The largest absolute Gasteiger partial charge is 0.508 e. The van der Waals surface area contributed by atoms with Gasteiger partial charge in [-0.1, -0.05) is 121 Å². The molecule has 7 atom stereocenters. The van der Waals surface area contributed by atoms with Crippen LogP contribution in [0.15, 0.2) is 152 Å². The number of hydrogen-bond donors (Lipinski definition) is 2. The first kappa shape index (κ1) is 52.1. The lowest BCUT2D eigenvalue weighted by molar-refractivity contribution is -0.179. The minimum Gasteiger partial charge on any atom is -0.508 e. The molecule has 0 saturated carbocycles. The van der Waals surface area contributed by atoms with Crippen LogP contribution in [0.25, 0.3) is 0 Å². The zero-order valence-corrected chi connectivity index (χ0v) is 43.7. The van der Waals surface area contributed by atoms with Crippen LogP contribution in [0, 0.1) is 23.7 Å². The normalized spacial score (nSPS) is 22.6. The molecule has 0 bridgehead atoms. The highest BCUT2D eigenvalue weighted by atomic mass is 16.7. The van der Waals surface area contributed by atoms with E-state index in [9.17, 15) is 14.7 Å². The molecule has 6 aromatic rings. The van der Waals surface area contributed by atoms with E-state index in [1.807, 2.05) is 114 Å². The number of aromatic hydroxyl groups is 1. The number of amides is 4. The first-order valence-corrected chi connectivity index (χ1v) is 26.2. The summed E-state index contributed by atoms with van der Waals surface area (Å²) in [6, 6.07) is 40.2. The van der Waals surface area contributed by atoms with Crippen molar-refractivity contribution in [2.24, 2.45) is 11.8 Å². The number of methoxy groups -OCH3 is 2. The molecule has 11 rings (SSSR count). The maximum absolute atomic E-state index is 16.9. The summed E-state index contributed by atoms with van der Waals surface area (Å²) < 4.78 is 27.7. The van der Waals surface area contributed by atoms with Gasteiger partial charge in [0.05, 0.1) is 44.0 Å². The van der Waals surface area contributed by atoms with Crippen LogP contribution in [-0.4, -0.2) is 109 Å². The molecule has 1 spiro atoms. The number of phenols is 1. The number of cyclic esters (lactones) is 1. The van der Waals surface area contributed by atoms with Gasteiger partial charge in [0.25, 0.3) is 0 Å². The Hall–Kier alpha value is -8.98. The molecule has 0 aromatic heterocycles. The van der Waals surface area contributed by atoms with Crippen LogP contribution in [0.2, 0.25) is 0 Å². The van der Waals surface area contributed by atoms with Gasteiger partial charge in [0, 0.05) is 44.7 Å². The van der Waals surface area contributed by atoms with Crippen LogP contribution in [-0.2, 0) is 50.1 Å². The van der Waals surface area contributed by atoms with E-state index in [4.69, 9.17) is 23.7 Å². The van der Waals surface area contributed by atoms with E-state index >= 15 is 19.2 Å². The second kappa shape index (κ2) is 21.8. The van der Waals surface area contributed by atoms with Crippen molar-refractivity contribution in [2.45, 2.75) is 55.6 Å². The molecule has 79 heavy (non-hydrogen) atoms. The number of hydrogen-bond acceptors (Lipinski definition) is 14. The molecule has 17 heteroatoms. The van der Waals surface area contributed by atoms with E-state index < -0.39 is 83.3 Å². The number of anilines is 1. The van der Waals surface area contributed by atoms with Gasteiger partial charge in [-0.3, -0.25) is 33.8 Å². The van der Waals surface area contributed by atoms with Crippen molar-refractivity contribution >= 4 is 41.4 Å². The molecule has 0 aliphatic carbocycles. The Morgan fingerprint density at radius 1 is 0.734 bits per heavy atom. The highest BCUT2D eigenvalue weighted by molar-refractivity contribution is 6.24. The highest BCUT2D eigenvalue weighted by Gasteiger charge is 2.76. The number of phenolic OH excluding ortho intramolecular Hbond substituents is 1. The van der Waals surface area contributed by atoms with Gasteiger partial charge >= 0.3 is 23.9 Å². The van der Waals surface area contributed by atoms with E-state index in [2.05, 4.69) is 22.1 Å². The fourth-order valence-electron chi connectivity index (χ4n) is 12.1. The van der Waals surface area contributed by atoms with Crippen LogP contribution in [0.3, 0.4) is 0 Å². The second-order valence-corrected chi connectivity index (χ2v) is 20.2. The molecular weight excluding hydrogens is 1010 g/mol. The maximum atomic E-state index is 16.9. The molecule has 402 valence electrons. The first-order chi connectivity index (χ1) is 38.4. The van der Waals surface area contributed by atoms with Gasteiger partial charge in [0.1, 0.15) is 23.3 Å². The summed E-state index contributed by atoms with van der Waals surface area (Å²) in [4.78, 5) is 96.9. The number of ether oxygens (including phenoxy) is 5. The van der Waals surface area contributed by atoms with E-state index in [-0.39, 0.29) is 43.3 Å². The van der Waals surface area contributed by atoms with Gasteiger partial charge in [-0.05, 0) is 82.8 Å². The summed E-state index contributed by atoms with van der Waals surface area (Å²) in [5.41, 5.74) is 2.19. The van der Waals surface area contributed by atoms with Crippen LogP contribution >= 0.6 is 0 Å². The monoisotopic (exact) mass is 1060 g/mol. The quantitative estimate of drug-likeness (QED) is 0.0568. The summed E-state index contributed by atoms with van der Waals surface area (Å²) in [5.74, 6) is 0.658. The first-order valence-electron chi connectivity index (χ1n) is 26.2. The van der Waals surface area contributed by atoms with Crippen molar-refractivity contribution < 1.29 is 57.6 Å². The lowest BCUT2D eigenvalue weighted by Crippen LogP contribution is -2.59. The Morgan fingerprint density at radius 3 is 2.05 bits per heavy atom. The lowest BCUT2D eigenvalue weighted by Gasteiger charge is -2.46. The molecule has 17 nitrogen and oxygen atoms in total. The Kier molecular flexibility index (Phi) is 14.4. The average Bonchev–Trinajstić information content (AvgIpc) is 2.19. The summed E-state index contributed by atoms with van der Waals surface area (Å²) in [6.45, 7) is 3.84. The number of nitrogens with one attached hydrogen (secondary N) is 1. The minimum absolute atomic E-state index is 0.0674. The van der Waals surface area contributed by atoms with Gasteiger partial charge in [0.15, 0.2) is 17.4 Å².